The summed E-state index contributed by atoms with van der Waals surface area (Å²) in [6.07, 6.45) is 0. The van der Waals surface area contributed by atoms with Crippen molar-refractivity contribution in [1.29, 1.82) is 0 Å². The van der Waals surface area contributed by atoms with Crippen LogP contribution in [-0.4, -0.2) is 0 Å². The summed E-state index contributed by atoms with van der Waals surface area (Å²) in [6, 6.07) is 26.9. The Labute approximate surface area is 130 Å². The summed E-state index contributed by atoms with van der Waals surface area (Å²) in [6.45, 7) is 2.14. The average molecular weight is 308 g/mol. The summed E-state index contributed by atoms with van der Waals surface area (Å²) in [7, 11) is 0. The van der Waals surface area contributed by atoms with Crippen molar-refractivity contribution in [2.24, 2.45) is 0 Å². The zero-order chi connectivity index (χ0) is 12.6. The molecule has 0 bridgehead atoms. The van der Waals surface area contributed by atoms with Crippen molar-refractivity contribution in [3.8, 4) is 0 Å². The van der Waals surface area contributed by atoms with E-state index in [-0.39, 0.29) is 17.1 Å². The molecule has 3 aromatic rings. The van der Waals surface area contributed by atoms with Gasteiger partial charge in [-0.05, 0) is 18.6 Å². The maximum Gasteiger partial charge on any atom is 2.00 e. The van der Waals surface area contributed by atoms with Gasteiger partial charge in [0.05, 0.1) is 0 Å². The SMILES string of the molecule is Cc1ccccc1S[c-]1cccc1.[Fe+2].c1cc[cH-]c1. The minimum absolute atomic E-state index is 0. The van der Waals surface area contributed by atoms with Gasteiger partial charge in [0.25, 0.3) is 0 Å². The van der Waals surface area contributed by atoms with E-state index in [9.17, 15) is 0 Å². The van der Waals surface area contributed by atoms with Crippen molar-refractivity contribution in [2.45, 2.75) is 16.7 Å². The van der Waals surface area contributed by atoms with Crippen LogP contribution in [0.5, 0.6) is 0 Å². The number of aryl methyl sites for hydroxylation is 1. The van der Waals surface area contributed by atoms with Gasteiger partial charge in [-0.1, -0.05) is 23.1 Å². The molecule has 0 unspecified atom stereocenters. The largest absolute Gasteiger partial charge is 2.00 e. The van der Waals surface area contributed by atoms with Gasteiger partial charge in [0.2, 0.25) is 0 Å². The summed E-state index contributed by atoms with van der Waals surface area (Å²) in [5.74, 6) is 0. The first kappa shape index (κ1) is 15.8. The molecule has 0 amide bonds. The molecule has 0 saturated heterocycles. The van der Waals surface area contributed by atoms with Crippen molar-refractivity contribution < 1.29 is 17.1 Å². The van der Waals surface area contributed by atoms with Gasteiger partial charge in [0.15, 0.2) is 0 Å². The fourth-order valence-corrected chi connectivity index (χ4v) is 2.47. The number of rotatable bonds is 2. The molecule has 0 aromatic heterocycles. The molecule has 0 aliphatic rings. The van der Waals surface area contributed by atoms with Gasteiger partial charge in [-0.15, -0.1) is 0 Å². The van der Waals surface area contributed by atoms with Crippen molar-refractivity contribution in [2.75, 3.05) is 0 Å². The molecule has 0 radical (unpaired) electrons. The second-order valence-electron chi connectivity index (χ2n) is 3.95. The van der Waals surface area contributed by atoms with Crippen LogP contribution in [0.15, 0.2) is 88.7 Å². The Hall–Kier alpha value is -1.21. The predicted octanol–water partition coefficient (Wildman–Crippen LogP) is 5.27. The standard InChI is InChI=1S/C12H11S.C5H5.Fe/c1-10-6-2-5-9-12(10)13-11-7-3-4-8-11;1-2-4-5-3-1;/h2-9H,1H3;1-5H;/q2*-1;+2. The van der Waals surface area contributed by atoms with E-state index in [0.717, 1.165) is 0 Å². The maximum atomic E-state index is 2.16. The molecule has 98 valence electrons. The molecule has 2 heteroatoms. The molecule has 0 atom stereocenters. The molecule has 0 aliphatic carbocycles. The Morgan fingerprint density at radius 3 is 2.05 bits per heavy atom. The Bertz CT molecular complexity index is 521. The molecule has 0 nitrogen and oxygen atoms in total. The predicted molar refractivity (Wildman–Crippen MR) is 79.4 cm³/mol. The molecule has 0 heterocycles. The molecular formula is C17H16FeS. The van der Waals surface area contributed by atoms with E-state index < -0.39 is 0 Å². The van der Waals surface area contributed by atoms with Gasteiger partial charge in [0.1, 0.15) is 0 Å². The Morgan fingerprint density at radius 2 is 1.53 bits per heavy atom. The van der Waals surface area contributed by atoms with Crippen LogP contribution in [0, 0.1) is 6.92 Å². The van der Waals surface area contributed by atoms with Crippen LogP contribution >= 0.6 is 11.8 Å². The third kappa shape index (κ3) is 5.52. The van der Waals surface area contributed by atoms with Crippen LogP contribution in [-0.2, 0) is 17.1 Å². The van der Waals surface area contributed by atoms with Gasteiger partial charge in [-0.25, -0.2) is 24.3 Å². The van der Waals surface area contributed by atoms with Crippen LogP contribution < -0.4 is 0 Å². The first-order chi connectivity index (χ1) is 8.86. The molecule has 0 fully saturated rings. The van der Waals surface area contributed by atoms with Crippen molar-refractivity contribution in [3.63, 3.8) is 0 Å². The van der Waals surface area contributed by atoms with E-state index in [2.05, 4.69) is 55.5 Å². The van der Waals surface area contributed by atoms with Crippen LogP contribution in [0.25, 0.3) is 0 Å². The zero-order valence-corrected chi connectivity index (χ0v) is 12.7. The minimum Gasteiger partial charge on any atom is -0.214 e. The molecule has 0 spiro atoms. The first-order valence-corrected chi connectivity index (χ1v) is 6.80. The first-order valence-electron chi connectivity index (χ1n) is 5.98. The van der Waals surface area contributed by atoms with E-state index in [0.29, 0.717) is 0 Å². The quantitative estimate of drug-likeness (QED) is 0.459. The summed E-state index contributed by atoms with van der Waals surface area (Å²) < 4.78 is 0. The van der Waals surface area contributed by atoms with Crippen LogP contribution in [0.2, 0.25) is 0 Å². The summed E-state index contributed by atoms with van der Waals surface area (Å²) in [5, 5.41) is 0. The van der Waals surface area contributed by atoms with Gasteiger partial charge in [-0.3, -0.25) is 0 Å². The smallest absolute Gasteiger partial charge is 0.214 e. The Morgan fingerprint density at radius 1 is 0.895 bits per heavy atom. The Balaban J connectivity index is 0.000000256. The van der Waals surface area contributed by atoms with E-state index in [1.165, 1.54) is 15.4 Å². The number of hydrogen-bond donors (Lipinski definition) is 0. The number of benzene rings is 1. The van der Waals surface area contributed by atoms with Crippen LogP contribution in [0.1, 0.15) is 5.56 Å². The van der Waals surface area contributed by atoms with E-state index in [1.54, 1.807) is 0 Å². The van der Waals surface area contributed by atoms with E-state index >= 15 is 0 Å². The fraction of sp³-hybridized carbons (Fsp3) is 0.0588. The van der Waals surface area contributed by atoms with Crippen molar-refractivity contribution in [3.05, 3.63) is 84.4 Å². The molecule has 0 saturated carbocycles. The number of hydrogen-bond acceptors (Lipinski definition) is 1. The molecule has 3 rings (SSSR count). The average Bonchev–Trinajstić information content (AvgIpc) is 3.06. The molecule has 0 N–H and O–H groups in total. The van der Waals surface area contributed by atoms with Crippen molar-refractivity contribution >= 4 is 11.8 Å². The monoisotopic (exact) mass is 308 g/mol. The van der Waals surface area contributed by atoms with E-state index in [1.807, 2.05) is 42.1 Å². The van der Waals surface area contributed by atoms with E-state index in [4.69, 9.17) is 0 Å². The van der Waals surface area contributed by atoms with Crippen molar-refractivity contribution in [1.82, 2.24) is 0 Å². The third-order valence-electron chi connectivity index (χ3n) is 2.51. The zero-order valence-electron chi connectivity index (χ0n) is 10.8. The maximum absolute atomic E-state index is 2.16. The van der Waals surface area contributed by atoms with Crippen LogP contribution in [0.3, 0.4) is 0 Å². The van der Waals surface area contributed by atoms with Gasteiger partial charge < -0.3 is 0 Å². The summed E-state index contributed by atoms with van der Waals surface area (Å²) in [4.78, 5) is 2.66. The molecule has 3 aromatic carbocycles. The molecule has 19 heavy (non-hydrogen) atoms. The normalized spacial score (nSPS) is 9.11. The van der Waals surface area contributed by atoms with Crippen LogP contribution in [0.4, 0.5) is 0 Å². The Kier molecular flexibility index (Phi) is 7.35. The summed E-state index contributed by atoms with van der Waals surface area (Å²) >= 11 is 1.82. The van der Waals surface area contributed by atoms with Gasteiger partial charge in [-0.2, -0.15) is 42.1 Å². The second kappa shape index (κ2) is 8.82. The minimum atomic E-state index is 0. The molecular weight excluding hydrogens is 292 g/mol. The second-order valence-corrected chi connectivity index (χ2v) is 5.07. The third-order valence-corrected chi connectivity index (χ3v) is 3.69. The topological polar surface area (TPSA) is 0 Å². The van der Waals surface area contributed by atoms with Gasteiger partial charge in [0, 0.05) is 4.90 Å². The molecule has 0 aliphatic heterocycles. The fourth-order valence-electron chi connectivity index (χ4n) is 1.54. The van der Waals surface area contributed by atoms with Gasteiger partial charge >= 0.3 is 17.1 Å². The summed E-state index contributed by atoms with van der Waals surface area (Å²) in [5.41, 5.74) is 1.34.